The molecule has 5 aromatic rings. The van der Waals surface area contributed by atoms with E-state index in [1.807, 2.05) is 42.5 Å². The minimum absolute atomic E-state index is 0.266. The number of benzene rings is 2. The Hall–Kier alpha value is -4.46. The topological polar surface area (TPSA) is 106 Å². The number of nitrogens with one attached hydrogen (secondary N) is 2. The van der Waals surface area contributed by atoms with E-state index >= 15 is 0 Å². The number of carbonyl (C=O) groups excluding carboxylic acids is 1. The standard InChI is InChI=1S/C24H19N5O3/c1-31-23-18(24(30)27-14-17-13-25-9-10-26-17)4-6-20-22(23)19(28-29-20)5-2-15-3-7-21-16(12-15)8-11-32-21/h2-13H,14H2,1H3,(H,27,30)(H,28,29). The van der Waals surface area contributed by atoms with Crippen LogP contribution in [0.5, 0.6) is 5.75 Å². The van der Waals surface area contributed by atoms with Crippen molar-refractivity contribution in [2.75, 3.05) is 7.11 Å². The predicted molar refractivity (Wildman–Crippen MR) is 121 cm³/mol. The number of fused-ring (bicyclic) bond motifs is 2. The first-order valence-corrected chi connectivity index (χ1v) is 9.96. The van der Waals surface area contributed by atoms with E-state index in [4.69, 9.17) is 9.15 Å². The highest BCUT2D eigenvalue weighted by Crippen LogP contribution is 2.32. The average molecular weight is 425 g/mol. The van der Waals surface area contributed by atoms with Crippen LogP contribution in [0, 0.1) is 0 Å². The molecule has 2 N–H and O–H groups in total. The van der Waals surface area contributed by atoms with E-state index in [1.165, 1.54) is 0 Å². The number of hydrogen-bond acceptors (Lipinski definition) is 6. The van der Waals surface area contributed by atoms with E-state index in [9.17, 15) is 4.79 Å². The molecule has 0 saturated carbocycles. The molecular weight excluding hydrogens is 406 g/mol. The summed E-state index contributed by atoms with van der Waals surface area (Å²) in [5.41, 5.74) is 4.38. The summed E-state index contributed by atoms with van der Waals surface area (Å²) in [4.78, 5) is 21.0. The molecule has 0 spiro atoms. The Bertz CT molecular complexity index is 1440. The normalized spacial score (nSPS) is 11.4. The molecule has 0 bridgehead atoms. The van der Waals surface area contributed by atoms with Crippen LogP contribution in [0.2, 0.25) is 0 Å². The van der Waals surface area contributed by atoms with Gasteiger partial charge >= 0.3 is 0 Å². The van der Waals surface area contributed by atoms with Crippen LogP contribution in [0.3, 0.4) is 0 Å². The molecule has 3 heterocycles. The molecule has 158 valence electrons. The summed E-state index contributed by atoms with van der Waals surface area (Å²) in [7, 11) is 1.54. The van der Waals surface area contributed by atoms with Crippen molar-refractivity contribution >= 4 is 39.9 Å². The first-order chi connectivity index (χ1) is 15.7. The zero-order chi connectivity index (χ0) is 21.9. The van der Waals surface area contributed by atoms with Gasteiger partial charge in [0.15, 0.2) is 0 Å². The SMILES string of the molecule is COc1c(C(=O)NCc2cnccn2)ccc2[nH]nc(C=Cc3ccc4occc4c3)c12. The van der Waals surface area contributed by atoms with E-state index in [1.54, 1.807) is 38.0 Å². The molecule has 5 rings (SSSR count). The van der Waals surface area contributed by atoms with Crippen LogP contribution in [-0.4, -0.2) is 33.2 Å². The summed E-state index contributed by atoms with van der Waals surface area (Å²) in [5, 5.41) is 12.0. The summed E-state index contributed by atoms with van der Waals surface area (Å²) in [5.74, 6) is 0.189. The summed E-state index contributed by atoms with van der Waals surface area (Å²) in [6.07, 6.45) is 10.3. The maximum atomic E-state index is 12.9. The Balaban J connectivity index is 1.45. The van der Waals surface area contributed by atoms with Gasteiger partial charge in [0, 0.05) is 17.8 Å². The molecular formula is C24H19N5O3. The summed E-state index contributed by atoms with van der Waals surface area (Å²) in [6.45, 7) is 0.266. The molecule has 0 aliphatic heterocycles. The molecule has 0 aliphatic rings. The van der Waals surface area contributed by atoms with Crippen molar-refractivity contribution in [3.63, 3.8) is 0 Å². The number of aromatic amines is 1. The number of aromatic nitrogens is 4. The Morgan fingerprint density at radius 3 is 2.97 bits per heavy atom. The van der Waals surface area contributed by atoms with E-state index in [2.05, 4.69) is 25.5 Å². The summed E-state index contributed by atoms with van der Waals surface area (Å²) >= 11 is 0. The van der Waals surface area contributed by atoms with Crippen molar-refractivity contribution in [1.82, 2.24) is 25.5 Å². The first-order valence-electron chi connectivity index (χ1n) is 9.96. The molecule has 0 fully saturated rings. The highest BCUT2D eigenvalue weighted by molar-refractivity contribution is 6.05. The van der Waals surface area contributed by atoms with Crippen LogP contribution < -0.4 is 10.1 Å². The van der Waals surface area contributed by atoms with Crippen LogP contribution >= 0.6 is 0 Å². The van der Waals surface area contributed by atoms with Gasteiger partial charge in [-0.3, -0.25) is 19.9 Å². The van der Waals surface area contributed by atoms with E-state index < -0.39 is 0 Å². The molecule has 1 amide bonds. The molecule has 8 heteroatoms. The van der Waals surface area contributed by atoms with Gasteiger partial charge in [-0.15, -0.1) is 0 Å². The van der Waals surface area contributed by atoms with Gasteiger partial charge in [0.25, 0.3) is 5.91 Å². The van der Waals surface area contributed by atoms with Crippen molar-refractivity contribution in [3.05, 3.63) is 83.8 Å². The fourth-order valence-electron chi connectivity index (χ4n) is 3.57. The number of ether oxygens (including phenoxy) is 1. The number of furan rings is 1. The fourth-order valence-corrected chi connectivity index (χ4v) is 3.57. The average Bonchev–Trinajstić information content (AvgIpc) is 3.47. The van der Waals surface area contributed by atoms with Gasteiger partial charge in [0.05, 0.1) is 54.0 Å². The second-order valence-corrected chi connectivity index (χ2v) is 7.11. The minimum atomic E-state index is -0.268. The lowest BCUT2D eigenvalue weighted by atomic mass is 10.1. The third-order valence-corrected chi connectivity index (χ3v) is 5.12. The first kappa shape index (κ1) is 19.5. The van der Waals surface area contributed by atoms with Crippen LogP contribution in [-0.2, 0) is 6.54 Å². The van der Waals surface area contributed by atoms with Crippen LogP contribution in [0.25, 0.3) is 34.0 Å². The number of methoxy groups -OCH3 is 1. The lowest BCUT2D eigenvalue weighted by Gasteiger charge is -2.10. The van der Waals surface area contributed by atoms with Crippen LogP contribution in [0.15, 0.2) is 65.7 Å². The Kier molecular flexibility index (Phi) is 5.09. The van der Waals surface area contributed by atoms with Gasteiger partial charge < -0.3 is 14.5 Å². The zero-order valence-electron chi connectivity index (χ0n) is 17.2. The zero-order valence-corrected chi connectivity index (χ0v) is 17.2. The molecule has 2 aromatic carbocycles. The van der Waals surface area contributed by atoms with E-state index in [0.717, 1.165) is 27.4 Å². The van der Waals surface area contributed by atoms with Crippen LogP contribution in [0.4, 0.5) is 0 Å². The lowest BCUT2D eigenvalue weighted by molar-refractivity contribution is 0.0947. The minimum Gasteiger partial charge on any atom is -0.495 e. The highest BCUT2D eigenvalue weighted by atomic mass is 16.5. The summed E-state index contributed by atoms with van der Waals surface area (Å²) < 4.78 is 11.0. The van der Waals surface area contributed by atoms with Gasteiger partial charge in [0.2, 0.25) is 0 Å². The number of nitrogens with zero attached hydrogens (tertiary/aromatic N) is 3. The van der Waals surface area contributed by atoms with Crippen molar-refractivity contribution in [2.45, 2.75) is 6.54 Å². The molecule has 8 nitrogen and oxygen atoms in total. The second kappa shape index (κ2) is 8.35. The monoisotopic (exact) mass is 425 g/mol. The molecule has 3 aromatic heterocycles. The second-order valence-electron chi connectivity index (χ2n) is 7.11. The summed E-state index contributed by atoms with van der Waals surface area (Å²) in [6, 6.07) is 11.4. The maximum absolute atomic E-state index is 12.9. The van der Waals surface area contributed by atoms with E-state index in [-0.39, 0.29) is 12.5 Å². The van der Waals surface area contributed by atoms with Gasteiger partial charge in [0.1, 0.15) is 11.3 Å². The number of hydrogen-bond donors (Lipinski definition) is 2. The molecule has 0 saturated heterocycles. The smallest absolute Gasteiger partial charge is 0.255 e. The molecule has 32 heavy (non-hydrogen) atoms. The fraction of sp³-hybridized carbons (Fsp3) is 0.0833. The van der Waals surface area contributed by atoms with Gasteiger partial charge in [-0.2, -0.15) is 5.10 Å². The number of rotatable bonds is 6. The highest BCUT2D eigenvalue weighted by Gasteiger charge is 2.19. The predicted octanol–water partition coefficient (Wildman–Crippen LogP) is 4.21. The molecule has 0 radical (unpaired) electrons. The van der Waals surface area contributed by atoms with Crippen molar-refractivity contribution in [3.8, 4) is 5.75 Å². The third kappa shape index (κ3) is 3.69. The van der Waals surface area contributed by atoms with Crippen LogP contribution in [0.1, 0.15) is 27.3 Å². The largest absolute Gasteiger partial charge is 0.495 e. The van der Waals surface area contributed by atoms with Crippen molar-refractivity contribution in [1.29, 1.82) is 0 Å². The Morgan fingerprint density at radius 2 is 2.12 bits per heavy atom. The maximum Gasteiger partial charge on any atom is 0.255 e. The Labute approximate surface area is 182 Å². The van der Waals surface area contributed by atoms with Gasteiger partial charge in [-0.25, -0.2) is 0 Å². The lowest BCUT2D eigenvalue weighted by Crippen LogP contribution is -2.24. The molecule has 0 atom stereocenters. The van der Waals surface area contributed by atoms with Crippen molar-refractivity contribution < 1.29 is 13.9 Å². The molecule has 0 unspecified atom stereocenters. The number of amides is 1. The van der Waals surface area contributed by atoms with E-state index in [0.29, 0.717) is 22.7 Å². The number of carbonyl (C=O) groups is 1. The van der Waals surface area contributed by atoms with Gasteiger partial charge in [-0.1, -0.05) is 12.1 Å². The Morgan fingerprint density at radius 1 is 1.19 bits per heavy atom. The quantitative estimate of drug-likeness (QED) is 0.422. The third-order valence-electron chi connectivity index (χ3n) is 5.12. The van der Waals surface area contributed by atoms with Gasteiger partial charge in [-0.05, 0) is 42.0 Å². The molecule has 0 aliphatic carbocycles. The number of H-pyrrole nitrogens is 1. The van der Waals surface area contributed by atoms with Crippen molar-refractivity contribution in [2.24, 2.45) is 0 Å².